The Kier molecular flexibility index (Phi) is 2.37. The standard InChI is InChI=1S/C6H4F3N3O2/c1-3-2-4(12(13)14)11-5(10-3)6(7,8)9/h2H,1H3. The summed E-state index contributed by atoms with van der Waals surface area (Å²) < 4.78 is 36.2. The van der Waals surface area contributed by atoms with E-state index in [0.717, 1.165) is 6.07 Å². The van der Waals surface area contributed by atoms with E-state index in [1.54, 1.807) is 0 Å². The highest BCUT2D eigenvalue weighted by molar-refractivity contribution is 5.22. The van der Waals surface area contributed by atoms with Gasteiger partial charge in [0, 0.05) is 0 Å². The van der Waals surface area contributed by atoms with Crippen molar-refractivity contribution in [1.29, 1.82) is 0 Å². The number of halogens is 3. The Balaban J connectivity index is 3.28. The maximum Gasteiger partial charge on any atom is 0.477 e. The molecule has 0 unspecified atom stereocenters. The van der Waals surface area contributed by atoms with Crippen LogP contribution in [0.2, 0.25) is 0 Å². The lowest BCUT2D eigenvalue weighted by molar-refractivity contribution is -0.390. The zero-order valence-corrected chi connectivity index (χ0v) is 6.87. The Bertz CT molecular complexity index is 377. The van der Waals surface area contributed by atoms with Crippen LogP contribution >= 0.6 is 0 Å². The van der Waals surface area contributed by atoms with Crippen LogP contribution < -0.4 is 0 Å². The molecule has 0 amide bonds. The minimum atomic E-state index is -4.77. The number of alkyl halides is 3. The van der Waals surface area contributed by atoms with Crippen LogP contribution in [0.1, 0.15) is 11.5 Å². The van der Waals surface area contributed by atoms with Gasteiger partial charge in [-0.15, -0.1) is 0 Å². The van der Waals surface area contributed by atoms with Crippen LogP contribution in [0.5, 0.6) is 0 Å². The molecule has 0 radical (unpaired) electrons. The second kappa shape index (κ2) is 3.20. The molecule has 0 bridgehead atoms. The molecule has 0 spiro atoms. The van der Waals surface area contributed by atoms with Crippen molar-refractivity contribution in [3.05, 3.63) is 27.7 Å². The number of nitro groups is 1. The van der Waals surface area contributed by atoms with Gasteiger partial charge in [-0.25, -0.2) is 4.98 Å². The van der Waals surface area contributed by atoms with E-state index in [1.807, 2.05) is 0 Å². The molecule has 0 aliphatic carbocycles. The van der Waals surface area contributed by atoms with Gasteiger partial charge in [0.1, 0.15) is 0 Å². The third kappa shape index (κ3) is 2.15. The van der Waals surface area contributed by atoms with Gasteiger partial charge in [0.15, 0.2) is 0 Å². The molecular formula is C6H4F3N3O2. The van der Waals surface area contributed by atoms with Gasteiger partial charge in [0.05, 0.1) is 11.8 Å². The molecule has 1 rings (SSSR count). The normalized spacial score (nSPS) is 11.4. The summed E-state index contributed by atoms with van der Waals surface area (Å²) in [5.74, 6) is -2.35. The smallest absolute Gasteiger partial charge is 0.358 e. The van der Waals surface area contributed by atoms with Gasteiger partial charge in [-0.1, -0.05) is 0 Å². The summed E-state index contributed by atoms with van der Waals surface area (Å²) in [6.07, 6.45) is -4.77. The molecule has 76 valence electrons. The number of aryl methyl sites for hydroxylation is 1. The third-order valence-corrected chi connectivity index (χ3v) is 1.28. The second-order valence-electron chi connectivity index (χ2n) is 2.45. The quantitative estimate of drug-likeness (QED) is 0.519. The fourth-order valence-electron chi connectivity index (χ4n) is 0.772. The van der Waals surface area contributed by atoms with Crippen LogP contribution in [0.3, 0.4) is 0 Å². The lowest BCUT2D eigenvalue weighted by atomic mass is 10.4. The summed E-state index contributed by atoms with van der Waals surface area (Å²) in [5.41, 5.74) is -0.0981. The molecule has 0 fully saturated rings. The summed E-state index contributed by atoms with van der Waals surface area (Å²) in [7, 11) is 0. The van der Waals surface area contributed by atoms with Gasteiger partial charge < -0.3 is 10.1 Å². The fraction of sp³-hybridized carbons (Fsp3) is 0.333. The molecular weight excluding hydrogens is 203 g/mol. The SMILES string of the molecule is Cc1cc([N+](=O)[O-])nc(C(F)(F)F)n1. The molecule has 0 N–H and O–H groups in total. The zero-order valence-electron chi connectivity index (χ0n) is 6.87. The lowest BCUT2D eigenvalue weighted by Crippen LogP contribution is -2.13. The Morgan fingerprint density at radius 3 is 2.43 bits per heavy atom. The molecule has 5 nitrogen and oxygen atoms in total. The maximum absolute atomic E-state index is 12.1. The molecule has 0 atom stereocenters. The summed E-state index contributed by atoms with van der Waals surface area (Å²) in [6, 6.07) is 0.870. The second-order valence-corrected chi connectivity index (χ2v) is 2.45. The first-order valence-corrected chi connectivity index (χ1v) is 3.38. The highest BCUT2D eigenvalue weighted by Gasteiger charge is 2.40. The van der Waals surface area contributed by atoms with Crippen LogP contribution in [0.15, 0.2) is 6.07 Å². The van der Waals surface area contributed by atoms with E-state index in [1.165, 1.54) is 6.92 Å². The van der Waals surface area contributed by atoms with Crippen LogP contribution in [-0.2, 0) is 6.18 Å². The first kappa shape index (κ1) is 10.4. The van der Waals surface area contributed by atoms with E-state index < -0.39 is 22.7 Å². The van der Waals surface area contributed by atoms with Crippen LogP contribution in [0.25, 0.3) is 0 Å². The van der Waals surface area contributed by atoms with Gasteiger partial charge in [-0.05, 0) is 16.8 Å². The average Bonchev–Trinajstić information content (AvgIpc) is 2.01. The number of aromatic nitrogens is 2. The Labute approximate surface area is 75.8 Å². The van der Waals surface area contributed by atoms with Crippen molar-refractivity contribution in [3.63, 3.8) is 0 Å². The largest absolute Gasteiger partial charge is 0.477 e. The van der Waals surface area contributed by atoms with E-state index >= 15 is 0 Å². The van der Waals surface area contributed by atoms with Gasteiger partial charge in [-0.2, -0.15) is 13.2 Å². The summed E-state index contributed by atoms with van der Waals surface area (Å²) >= 11 is 0. The van der Waals surface area contributed by atoms with Crippen LogP contribution in [-0.4, -0.2) is 14.9 Å². The van der Waals surface area contributed by atoms with E-state index in [0.29, 0.717) is 0 Å². The van der Waals surface area contributed by atoms with Gasteiger partial charge >= 0.3 is 17.8 Å². The van der Waals surface area contributed by atoms with Crippen molar-refractivity contribution in [2.75, 3.05) is 0 Å². The highest BCUT2D eigenvalue weighted by atomic mass is 19.4. The van der Waals surface area contributed by atoms with Crippen molar-refractivity contribution in [2.24, 2.45) is 0 Å². The monoisotopic (exact) mass is 207 g/mol. The molecule has 8 heteroatoms. The Morgan fingerprint density at radius 2 is 2.00 bits per heavy atom. The van der Waals surface area contributed by atoms with Crippen molar-refractivity contribution in [1.82, 2.24) is 9.97 Å². The molecule has 0 saturated heterocycles. The van der Waals surface area contributed by atoms with Crippen LogP contribution in [0.4, 0.5) is 19.0 Å². The maximum atomic E-state index is 12.1. The first-order chi connectivity index (χ1) is 6.30. The molecule has 1 aromatic heterocycles. The summed E-state index contributed by atoms with van der Waals surface area (Å²) in [6.45, 7) is 1.23. The number of rotatable bonds is 1. The molecule has 0 aliphatic heterocycles. The van der Waals surface area contributed by atoms with Gasteiger partial charge in [0.2, 0.25) is 0 Å². The number of hydrogen-bond donors (Lipinski definition) is 0. The molecule has 14 heavy (non-hydrogen) atoms. The minimum Gasteiger partial charge on any atom is -0.358 e. The molecule has 0 saturated carbocycles. The van der Waals surface area contributed by atoms with E-state index in [2.05, 4.69) is 9.97 Å². The summed E-state index contributed by atoms with van der Waals surface area (Å²) in [4.78, 5) is 15.0. The first-order valence-electron chi connectivity index (χ1n) is 3.38. The molecule has 1 aromatic rings. The van der Waals surface area contributed by atoms with Gasteiger partial charge in [-0.3, -0.25) is 0 Å². The summed E-state index contributed by atoms with van der Waals surface area (Å²) in [5, 5.41) is 10.2. The predicted octanol–water partition coefficient (Wildman–Crippen LogP) is 1.71. The van der Waals surface area contributed by atoms with Crippen molar-refractivity contribution >= 4 is 5.82 Å². The van der Waals surface area contributed by atoms with Crippen molar-refractivity contribution in [2.45, 2.75) is 13.1 Å². The average molecular weight is 207 g/mol. The van der Waals surface area contributed by atoms with E-state index in [4.69, 9.17) is 0 Å². The fourth-order valence-corrected chi connectivity index (χ4v) is 0.772. The zero-order chi connectivity index (χ0) is 10.9. The Morgan fingerprint density at radius 1 is 1.43 bits per heavy atom. The topological polar surface area (TPSA) is 68.9 Å². The molecule has 0 aromatic carbocycles. The van der Waals surface area contributed by atoms with Gasteiger partial charge in [0.25, 0.3) is 0 Å². The number of nitrogens with zero attached hydrogens (tertiary/aromatic N) is 3. The predicted molar refractivity (Wildman–Crippen MR) is 38.4 cm³/mol. The van der Waals surface area contributed by atoms with Crippen LogP contribution in [0, 0.1) is 17.0 Å². The molecule has 1 heterocycles. The van der Waals surface area contributed by atoms with E-state index in [-0.39, 0.29) is 5.69 Å². The highest BCUT2D eigenvalue weighted by Crippen LogP contribution is 2.27. The van der Waals surface area contributed by atoms with Crippen molar-refractivity contribution in [3.8, 4) is 0 Å². The third-order valence-electron chi connectivity index (χ3n) is 1.28. The van der Waals surface area contributed by atoms with E-state index in [9.17, 15) is 23.3 Å². The van der Waals surface area contributed by atoms with Crippen molar-refractivity contribution < 1.29 is 18.1 Å². The Hall–Kier alpha value is -1.73. The number of hydrogen-bond acceptors (Lipinski definition) is 4. The molecule has 0 aliphatic rings. The lowest BCUT2D eigenvalue weighted by Gasteiger charge is -2.01. The minimum absolute atomic E-state index is 0.0981.